The van der Waals surface area contributed by atoms with Gasteiger partial charge in [0, 0.05) is 11.1 Å². The molecule has 0 fully saturated rings. The third kappa shape index (κ3) is 2.69. The summed E-state index contributed by atoms with van der Waals surface area (Å²) in [6.07, 6.45) is 0. The Labute approximate surface area is 127 Å². The van der Waals surface area contributed by atoms with Gasteiger partial charge in [-0.25, -0.2) is 4.79 Å². The highest BCUT2D eigenvalue weighted by molar-refractivity contribution is 5.89. The van der Waals surface area contributed by atoms with Gasteiger partial charge in [0.15, 0.2) is 0 Å². The van der Waals surface area contributed by atoms with Crippen LogP contribution in [0, 0.1) is 0 Å². The lowest BCUT2D eigenvalue weighted by Crippen LogP contribution is -1.95. The summed E-state index contributed by atoms with van der Waals surface area (Å²) in [4.78, 5) is 11.0. The van der Waals surface area contributed by atoms with Crippen LogP contribution in [-0.2, 0) is 0 Å². The van der Waals surface area contributed by atoms with E-state index in [1.54, 1.807) is 25.3 Å². The van der Waals surface area contributed by atoms with E-state index in [0.29, 0.717) is 5.69 Å². The van der Waals surface area contributed by atoms with Crippen molar-refractivity contribution in [3.05, 3.63) is 60.2 Å². The lowest BCUT2D eigenvalue weighted by molar-refractivity contribution is 0.0697. The second kappa shape index (κ2) is 5.73. The summed E-state index contributed by atoms with van der Waals surface area (Å²) >= 11 is 0. The first-order chi connectivity index (χ1) is 10.7. The highest BCUT2D eigenvalue weighted by Crippen LogP contribution is 2.26. The molecule has 0 amide bonds. The molecule has 0 radical (unpaired) electrons. The fourth-order valence-electron chi connectivity index (χ4n) is 2.22. The molecule has 1 aromatic heterocycles. The number of aromatic carboxylic acids is 1. The zero-order chi connectivity index (χ0) is 15.5. The molecule has 1 heterocycles. The van der Waals surface area contributed by atoms with Crippen molar-refractivity contribution in [1.82, 2.24) is 10.2 Å². The predicted octanol–water partition coefficient (Wildman–Crippen LogP) is 3.45. The summed E-state index contributed by atoms with van der Waals surface area (Å²) in [7, 11) is 1.62. The Morgan fingerprint density at radius 1 is 1.09 bits per heavy atom. The topological polar surface area (TPSA) is 75.2 Å². The zero-order valence-corrected chi connectivity index (χ0v) is 11.9. The van der Waals surface area contributed by atoms with Gasteiger partial charge in [0.05, 0.1) is 24.1 Å². The molecule has 2 aromatic carbocycles. The minimum atomic E-state index is -0.953. The van der Waals surface area contributed by atoms with Crippen molar-refractivity contribution in [3.8, 4) is 28.3 Å². The van der Waals surface area contributed by atoms with Crippen LogP contribution in [0.2, 0.25) is 0 Å². The van der Waals surface area contributed by atoms with E-state index in [4.69, 9.17) is 9.84 Å². The fourth-order valence-corrected chi connectivity index (χ4v) is 2.22. The number of nitrogens with one attached hydrogen (secondary N) is 1. The first-order valence-corrected chi connectivity index (χ1v) is 6.71. The maximum absolute atomic E-state index is 11.0. The van der Waals surface area contributed by atoms with Crippen molar-refractivity contribution in [2.45, 2.75) is 0 Å². The van der Waals surface area contributed by atoms with Crippen molar-refractivity contribution in [2.75, 3.05) is 7.11 Å². The van der Waals surface area contributed by atoms with Crippen molar-refractivity contribution < 1.29 is 14.6 Å². The Morgan fingerprint density at radius 3 is 2.64 bits per heavy atom. The SMILES string of the molecule is COc1cccc(-c2cc(-c3cccc(C(=O)O)c3)n[nH]2)c1. The molecule has 0 unspecified atom stereocenters. The lowest BCUT2D eigenvalue weighted by atomic mass is 10.1. The Kier molecular flexibility index (Phi) is 3.62. The van der Waals surface area contributed by atoms with Crippen LogP contribution >= 0.6 is 0 Å². The predicted molar refractivity (Wildman–Crippen MR) is 83.0 cm³/mol. The molecule has 110 valence electrons. The number of hydrogen-bond donors (Lipinski definition) is 2. The Balaban J connectivity index is 1.96. The molecule has 5 heteroatoms. The highest BCUT2D eigenvalue weighted by atomic mass is 16.5. The quantitative estimate of drug-likeness (QED) is 0.772. The summed E-state index contributed by atoms with van der Waals surface area (Å²) in [6.45, 7) is 0. The Bertz CT molecular complexity index is 824. The third-order valence-electron chi connectivity index (χ3n) is 3.36. The van der Waals surface area contributed by atoms with E-state index in [1.165, 1.54) is 0 Å². The van der Waals surface area contributed by atoms with Crippen LogP contribution in [0.3, 0.4) is 0 Å². The number of carbonyl (C=O) groups is 1. The smallest absolute Gasteiger partial charge is 0.335 e. The number of carboxylic acids is 1. The average Bonchev–Trinajstić information content (AvgIpc) is 3.05. The standard InChI is InChI=1S/C17H14N2O3/c1-22-14-7-3-5-12(9-14)16-10-15(18-19-16)11-4-2-6-13(8-11)17(20)21/h2-10H,1H3,(H,18,19)(H,20,21). The molecule has 0 bridgehead atoms. The maximum atomic E-state index is 11.0. The van der Waals surface area contributed by atoms with Gasteiger partial charge in [-0.1, -0.05) is 24.3 Å². The van der Waals surface area contributed by atoms with Crippen molar-refractivity contribution >= 4 is 5.97 Å². The number of hydrogen-bond acceptors (Lipinski definition) is 3. The average molecular weight is 294 g/mol. The molecular weight excluding hydrogens is 280 g/mol. The van der Waals surface area contributed by atoms with E-state index >= 15 is 0 Å². The molecule has 0 aliphatic carbocycles. The summed E-state index contributed by atoms with van der Waals surface area (Å²) in [5.74, 6) is -0.188. The molecule has 0 atom stereocenters. The normalized spacial score (nSPS) is 10.4. The van der Waals surface area contributed by atoms with Crippen LogP contribution in [0.5, 0.6) is 5.75 Å². The molecule has 22 heavy (non-hydrogen) atoms. The summed E-state index contributed by atoms with van der Waals surface area (Å²) in [5, 5.41) is 16.3. The Hall–Kier alpha value is -3.08. The molecule has 3 rings (SSSR count). The third-order valence-corrected chi connectivity index (χ3v) is 3.36. The second-order valence-electron chi connectivity index (χ2n) is 4.78. The Morgan fingerprint density at radius 2 is 1.86 bits per heavy atom. The number of ether oxygens (including phenoxy) is 1. The number of rotatable bonds is 4. The van der Waals surface area contributed by atoms with Crippen molar-refractivity contribution in [3.63, 3.8) is 0 Å². The van der Waals surface area contributed by atoms with Crippen LogP contribution in [0.1, 0.15) is 10.4 Å². The maximum Gasteiger partial charge on any atom is 0.335 e. The van der Waals surface area contributed by atoms with Gasteiger partial charge in [-0.2, -0.15) is 5.10 Å². The molecule has 5 nitrogen and oxygen atoms in total. The molecule has 3 aromatic rings. The molecule has 0 spiro atoms. The number of carboxylic acid groups (broad SMARTS) is 1. The molecule has 0 aliphatic rings. The number of H-pyrrole nitrogens is 1. The summed E-state index contributed by atoms with van der Waals surface area (Å²) in [6, 6.07) is 16.2. The number of nitrogens with zero attached hydrogens (tertiary/aromatic N) is 1. The van der Waals surface area contributed by atoms with Gasteiger partial charge in [0.25, 0.3) is 0 Å². The van der Waals surface area contributed by atoms with E-state index in [2.05, 4.69) is 10.2 Å². The fraction of sp³-hybridized carbons (Fsp3) is 0.0588. The van der Waals surface area contributed by atoms with Gasteiger partial charge >= 0.3 is 5.97 Å². The minimum Gasteiger partial charge on any atom is -0.497 e. The second-order valence-corrected chi connectivity index (χ2v) is 4.78. The van der Waals surface area contributed by atoms with E-state index < -0.39 is 5.97 Å². The molecular formula is C17H14N2O3. The summed E-state index contributed by atoms with van der Waals surface area (Å²) in [5.41, 5.74) is 3.48. The van der Waals surface area contributed by atoms with Gasteiger partial charge in [-0.05, 0) is 30.3 Å². The lowest BCUT2D eigenvalue weighted by Gasteiger charge is -2.01. The summed E-state index contributed by atoms with van der Waals surface area (Å²) < 4.78 is 5.21. The zero-order valence-electron chi connectivity index (χ0n) is 11.9. The van der Waals surface area contributed by atoms with E-state index in [9.17, 15) is 4.79 Å². The molecule has 2 N–H and O–H groups in total. The molecule has 0 saturated carbocycles. The van der Waals surface area contributed by atoms with Gasteiger partial charge in [-0.15, -0.1) is 0 Å². The van der Waals surface area contributed by atoms with Crippen LogP contribution in [0.25, 0.3) is 22.5 Å². The van der Waals surface area contributed by atoms with Crippen LogP contribution < -0.4 is 4.74 Å². The van der Waals surface area contributed by atoms with E-state index in [0.717, 1.165) is 22.6 Å². The van der Waals surface area contributed by atoms with Crippen LogP contribution in [0.4, 0.5) is 0 Å². The van der Waals surface area contributed by atoms with Crippen molar-refractivity contribution in [2.24, 2.45) is 0 Å². The van der Waals surface area contributed by atoms with Crippen LogP contribution in [0.15, 0.2) is 54.6 Å². The van der Waals surface area contributed by atoms with Gasteiger partial charge < -0.3 is 9.84 Å². The monoisotopic (exact) mass is 294 g/mol. The van der Waals surface area contributed by atoms with Gasteiger partial charge in [-0.3, -0.25) is 5.10 Å². The minimum absolute atomic E-state index is 0.239. The van der Waals surface area contributed by atoms with Gasteiger partial charge in [0.2, 0.25) is 0 Å². The first kappa shape index (κ1) is 13.9. The van der Waals surface area contributed by atoms with E-state index in [1.807, 2.05) is 36.4 Å². The number of benzene rings is 2. The van der Waals surface area contributed by atoms with E-state index in [-0.39, 0.29) is 5.56 Å². The number of aromatic nitrogens is 2. The van der Waals surface area contributed by atoms with Crippen molar-refractivity contribution in [1.29, 1.82) is 0 Å². The number of methoxy groups -OCH3 is 1. The van der Waals surface area contributed by atoms with Crippen LogP contribution in [-0.4, -0.2) is 28.4 Å². The highest BCUT2D eigenvalue weighted by Gasteiger charge is 2.09. The first-order valence-electron chi connectivity index (χ1n) is 6.71. The molecule has 0 aliphatic heterocycles. The number of aromatic amines is 1. The molecule has 0 saturated heterocycles. The largest absolute Gasteiger partial charge is 0.497 e. The van der Waals surface area contributed by atoms with Gasteiger partial charge in [0.1, 0.15) is 5.75 Å².